The second-order valence-corrected chi connectivity index (χ2v) is 5.32. The van der Waals surface area contributed by atoms with Crippen LogP contribution in [0.3, 0.4) is 0 Å². The first-order chi connectivity index (χ1) is 9.22. The van der Waals surface area contributed by atoms with Crippen LogP contribution in [0.5, 0.6) is 0 Å². The average molecular weight is 302 g/mol. The average Bonchev–Trinajstić information content (AvgIpc) is 2.65. The maximum Gasteiger partial charge on any atom is 0.255 e. The molecule has 1 aliphatic rings. The van der Waals surface area contributed by atoms with Crippen LogP contribution in [-0.4, -0.2) is 59.3 Å². The van der Waals surface area contributed by atoms with E-state index in [-0.39, 0.29) is 5.91 Å². The van der Waals surface area contributed by atoms with Gasteiger partial charge in [0.1, 0.15) is 0 Å². The van der Waals surface area contributed by atoms with E-state index in [0.29, 0.717) is 23.0 Å². The van der Waals surface area contributed by atoms with Crippen LogP contribution in [0.15, 0.2) is 18.5 Å². The molecule has 0 atom stereocenters. The van der Waals surface area contributed by atoms with Crippen molar-refractivity contribution in [2.75, 3.05) is 38.6 Å². The highest BCUT2D eigenvalue weighted by Crippen LogP contribution is 2.17. The Morgan fingerprint density at radius 3 is 2.89 bits per heavy atom. The fraction of sp³-hybridized carbons (Fsp3) is 0.538. The number of alkyl halides is 1. The Kier molecular flexibility index (Phi) is 5.43. The molecule has 0 N–H and O–H groups in total. The molecule has 0 saturated carbocycles. The molecule has 1 aliphatic heterocycles. The Balaban J connectivity index is 2.02. The summed E-state index contributed by atoms with van der Waals surface area (Å²) in [7, 11) is 0. The Bertz CT molecular complexity index is 442. The Labute approximate surface area is 123 Å². The lowest BCUT2D eigenvalue weighted by molar-refractivity contribution is 0.0762. The predicted molar refractivity (Wildman–Crippen MR) is 76.9 cm³/mol. The summed E-state index contributed by atoms with van der Waals surface area (Å²) in [6, 6.07) is 1.67. The third kappa shape index (κ3) is 3.81. The molecule has 1 aromatic rings. The van der Waals surface area contributed by atoms with Crippen LogP contribution in [0, 0.1) is 0 Å². The smallest absolute Gasteiger partial charge is 0.255 e. The van der Waals surface area contributed by atoms with Gasteiger partial charge in [-0.25, -0.2) is 0 Å². The van der Waals surface area contributed by atoms with E-state index in [0.717, 1.165) is 32.6 Å². The van der Waals surface area contributed by atoms with E-state index in [1.54, 1.807) is 12.3 Å². The summed E-state index contributed by atoms with van der Waals surface area (Å²) in [6.07, 6.45) is 4.06. The molecule has 4 nitrogen and oxygen atoms in total. The van der Waals surface area contributed by atoms with Gasteiger partial charge in [-0.3, -0.25) is 9.78 Å². The largest absolute Gasteiger partial charge is 0.337 e. The summed E-state index contributed by atoms with van der Waals surface area (Å²) in [5, 5.41) is 0.411. The monoisotopic (exact) mass is 301 g/mol. The SMILES string of the molecule is O=C(c1ccncc1Cl)N1CCCN(CCCl)CC1. The molecule has 104 valence electrons. The van der Waals surface area contributed by atoms with Crippen LogP contribution >= 0.6 is 23.2 Å². The molecule has 0 aliphatic carbocycles. The summed E-state index contributed by atoms with van der Waals surface area (Å²) in [5.74, 6) is 0.615. The fourth-order valence-electron chi connectivity index (χ4n) is 2.24. The summed E-state index contributed by atoms with van der Waals surface area (Å²) < 4.78 is 0. The Morgan fingerprint density at radius 2 is 2.16 bits per heavy atom. The number of carbonyl (C=O) groups is 1. The maximum absolute atomic E-state index is 12.4. The number of halogens is 2. The van der Waals surface area contributed by atoms with Crippen molar-refractivity contribution >= 4 is 29.1 Å². The molecular formula is C13H17Cl2N3O. The van der Waals surface area contributed by atoms with Crippen molar-refractivity contribution in [1.29, 1.82) is 0 Å². The second-order valence-electron chi connectivity index (χ2n) is 4.53. The normalized spacial score (nSPS) is 17.3. The molecule has 1 fully saturated rings. The molecular weight excluding hydrogens is 285 g/mol. The van der Waals surface area contributed by atoms with Gasteiger partial charge in [0, 0.05) is 44.5 Å². The van der Waals surface area contributed by atoms with Crippen LogP contribution in [0.4, 0.5) is 0 Å². The minimum absolute atomic E-state index is 0.0138. The van der Waals surface area contributed by atoms with Crippen molar-refractivity contribution in [3.63, 3.8) is 0 Å². The molecule has 19 heavy (non-hydrogen) atoms. The fourth-order valence-corrected chi connectivity index (χ4v) is 2.68. The van der Waals surface area contributed by atoms with Gasteiger partial charge in [0.05, 0.1) is 10.6 Å². The molecule has 0 bridgehead atoms. The zero-order valence-electron chi connectivity index (χ0n) is 10.7. The standard InChI is InChI=1S/C13H17Cl2N3O/c14-3-7-17-5-1-6-18(9-8-17)13(19)11-2-4-16-10-12(11)15/h2,4,10H,1,3,5-9H2. The first kappa shape index (κ1) is 14.6. The number of pyridine rings is 1. The van der Waals surface area contributed by atoms with Crippen molar-refractivity contribution in [1.82, 2.24) is 14.8 Å². The lowest BCUT2D eigenvalue weighted by Gasteiger charge is -2.21. The van der Waals surface area contributed by atoms with E-state index in [4.69, 9.17) is 23.2 Å². The topological polar surface area (TPSA) is 36.4 Å². The van der Waals surface area contributed by atoms with E-state index in [2.05, 4.69) is 9.88 Å². The predicted octanol–water partition coefficient (Wildman–Crippen LogP) is 2.12. The summed E-state index contributed by atoms with van der Waals surface area (Å²) >= 11 is 11.8. The third-order valence-electron chi connectivity index (χ3n) is 3.28. The molecule has 0 unspecified atom stereocenters. The van der Waals surface area contributed by atoms with Gasteiger partial charge in [-0.05, 0) is 19.0 Å². The summed E-state index contributed by atoms with van der Waals surface area (Å²) in [5.41, 5.74) is 0.530. The van der Waals surface area contributed by atoms with Gasteiger partial charge in [0.2, 0.25) is 0 Å². The van der Waals surface area contributed by atoms with Gasteiger partial charge in [0.25, 0.3) is 5.91 Å². The first-order valence-corrected chi connectivity index (χ1v) is 7.30. The lowest BCUT2D eigenvalue weighted by Crippen LogP contribution is -2.35. The molecule has 6 heteroatoms. The zero-order chi connectivity index (χ0) is 13.7. The van der Waals surface area contributed by atoms with Crippen molar-refractivity contribution in [2.45, 2.75) is 6.42 Å². The number of nitrogens with zero attached hydrogens (tertiary/aromatic N) is 3. The molecule has 1 amide bonds. The zero-order valence-corrected chi connectivity index (χ0v) is 12.2. The van der Waals surface area contributed by atoms with Crippen LogP contribution < -0.4 is 0 Å². The highest BCUT2D eigenvalue weighted by atomic mass is 35.5. The quantitative estimate of drug-likeness (QED) is 0.803. The highest BCUT2D eigenvalue weighted by molar-refractivity contribution is 6.33. The maximum atomic E-state index is 12.4. The second kappa shape index (κ2) is 7.08. The molecule has 2 heterocycles. The molecule has 1 aromatic heterocycles. The summed E-state index contributed by atoms with van der Waals surface area (Å²) in [6.45, 7) is 4.20. The number of amides is 1. The number of hydrogen-bond donors (Lipinski definition) is 0. The van der Waals surface area contributed by atoms with E-state index >= 15 is 0 Å². The minimum Gasteiger partial charge on any atom is -0.337 e. The van der Waals surface area contributed by atoms with Crippen LogP contribution in [0.25, 0.3) is 0 Å². The van der Waals surface area contributed by atoms with E-state index in [1.807, 2.05) is 4.90 Å². The van der Waals surface area contributed by atoms with E-state index in [1.165, 1.54) is 6.20 Å². The molecule has 0 spiro atoms. The molecule has 1 saturated heterocycles. The van der Waals surface area contributed by atoms with Crippen LogP contribution in [0.2, 0.25) is 5.02 Å². The van der Waals surface area contributed by atoms with Gasteiger partial charge < -0.3 is 9.80 Å². The third-order valence-corrected chi connectivity index (χ3v) is 3.75. The molecule has 0 aromatic carbocycles. The van der Waals surface area contributed by atoms with Gasteiger partial charge >= 0.3 is 0 Å². The van der Waals surface area contributed by atoms with Gasteiger partial charge in [0.15, 0.2) is 0 Å². The Morgan fingerprint density at radius 1 is 1.32 bits per heavy atom. The lowest BCUT2D eigenvalue weighted by atomic mass is 10.2. The van der Waals surface area contributed by atoms with Crippen molar-refractivity contribution in [3.05, 3.63) is 29.0 Å². The van der Waals surface area contributed by atoms with Gasteiger partial charge in [-0.1, -0.05) is 11.6 Å². The van der Waals surface area contributed by atoms with Crippen LogP contribution in [-0.2, 0) is 0 Å². The molecule has 2 rings (SSSR count). The van der Waals surface area contributed by atoms with Crippen molar-refractivity contribution < 1.29 is 4.79 Å². The van der Waals surface area contributed by atoms with Crippen LogP contribution in [0.1, 0.15) is 16.8 Å². The van der Waals surface area contributed by atoms with E-state index in [9.17, 15) is 4.79 Å². The number of carbonyl (C=O) groups excluding carboxylic acids is 1. The number of rotatable bonds is 3. The van der Waals surface area contributed by atoms with E-state index < -0.39 is 0 Å². The minimum atomic E-state index is -0.0138. The van der Waals surface area contributed by atoms with Crippen molar-refractivity contribution in [2.24, 2.45) is 0 Å². The summed E-state index contributed by atoms with van der Waals surface area (Å²) in [4.78, 5) is 20.5. The van der Waals surface area contributed by atoms with Gasteiger partial charge in [-0.2, -0.15) is 0 Å². The first-order valence-electron chi connectivity index (χ1n) is 6.39. The van der Waals surface area contributed by atoms with Gasteiger partial charge in [-0.15, -0.1) is 11.6 Å². The Hall–Kier alpha value is -0.840. The number of aromatic nitrogens is 1. The molecule has 0 radical (unpaired) electrons. The number of hydrogen-bond acceptors (Lipinski definition) is 3. The van der Waals surface area contributed by atoms with Crippen molar-refractivity contribution in [3.8, 4) is 0 Å². The highest BCUT2D eigenvalue weighted by Gasteiger charge is 2.21.